The standard InChI is InChI=1S/C18H27N7O4S/c19-15(27)13-9-25(14(16(28)23-13)2-1-7-22-18(20)21)17(29)12(24-30)8-10-3-5-11(26)6-4-10/h3-6,12-14,24,26,30H,1-2,7-9H2,(H2,19,27)(H,23,28)(H4,20,21,22)/t12-,13+,14-/m0/s1. The molecule has 3 amide bonds. The van der Waals surface area contributed by atoms with Crippen LogP contribution in [0, 0.1) is 0 Å². The number of piperazine rings is 1. The summed E-state index contributed by atoms with van der Waals surface area (Å²) in [5, 5.41) is 12.0. The van der Waals surface area contributed by atoms with Crippen molar-refractivity contribution in [3.63, 3.8) is 0 Å². The maximum Gasteiger partial charge on any atom is 0.243 e. The van der Waals surface area contributed by atoms with E-state index in [2.05, 4.69) is 27.8 Å². The summed E-state index contributed by atoms with van der Waals surface area (Å²) in [6.07, 6.45) is 1.03. The highest BCUT2D eigenvalue weighted by atomic mass is 32.1. The summed E-state index contributed by atoms with van der Waals surface area (Å²) in [5.74, 6) is -1.54. The number of aliphatic imine (C=N–C) groups is 1. The molecular formula is C18H27N7O4S. The molecule has 1 aromatic rings. The monoisotopic (exact) mass is 437 g/mol. The van der Waals surface area contributed by atoms with Crippen molar-refractivity contribution >= 4 is 36.5 Å². The van der Waals surface area contributed by atoms with E-state index < -0.39 is 35.8 Å². The third-order valence-electron chi connectivity index (χ3n) is 4.76. The number of nitrogens with zero attached hydrogens (tertiary/aromatic N) is 2. The third-order valence-corrected chi connectivity index (χ3v) is 5.07. The highest BCUT2D eigenvalue weighted by Gasteiger charge is 2.40. The van der Waals surface area contributed by atoms with Crippen LogP contribution in [0.3, 0.4) is 0 Å². The van der Waals surface area contributed by atoms with Gasteiger partial charge in [-0.15, -0.1) is 0 Å². The molecule has 0 radical (unpaired) electrons. The number of aromatic hydroxyl groups is 1. The molecule has 1 aromatic carbocycles. The average Bonchev–Trinajstić information content (AvgIpc) is 2.70. The van der Waals surface area contributed by atoms with E-state index in [0.717, 1.165) is 5.56 Å². The molecule has 0 aromatic heterocycles. The van der Waals surface area contributed by atoms with E-state index >= 15 is 0 Å². The minimum atomic E-state index is -0.982. The van der Waals surface area contributed by atoms with Gasteiger partial charge in [-0.3, -0.25) is 24.1 Å². The molecule has 9 N–H and O–H groups in total. The number of nitrogens with two attached hydrogens (primary N) is 3. The van der Waals surface area contributed by atoms with Crippen LogP contribution in [-0.4, -0.2) is 64.9 Å². The lowest BCUT2D eigenvalue weighted by atomic mass is 9.99. The quantitative estimate of drug-likeness (QED) is 0.100. The molecule has 30 heavy (non-hydrogen) atoms. The minimum Gasteiger partial charge on any atom is -0.508 e. The van der Waals surface area contributed by atoms with Crippen molar-refractivity contribution < 1.29 is 19.5 Å². The Morgan fingerprint density at radius 2 is 1.97 bits per heavy atom. The van der Waals surface area contributed by atoms with Crippen molar-refractivity contribution in [1.82, 2.24) is 14.9 Å². The molecule has 1 heterocycles. The van der Waals surface area contributed by atoms with Gasteiger partial charge in [0.05, 0.1) is 12.6 Å². The number of benzene rings is 1. The molecule has 1 aliphatic rings. The number of carbonyl (C=O) groups is 3. The Hall–Kier alpha value is -2.99. The average molecular weight is 438 g/mol. The van der Waals surface area contributed by atoms with Crippen molar-refractivity contribution in [1.29, 1.82) is 0 Å². The molecule has 1 fully saturated rings. The lowest BCUT2D eigenvalue weighted by Crippen LogP contribution is -2.66. The molecule has 2 rings (SSSR count). The maximum absolute atomic E-state index is 13.2. The van der Waals surface area contributed by atoms with Gasteiger partial charge in [-0.25, -0.2) is 0 Å². The number of carbonyl (C=O) groups excluding carboxylic acids is 3. The zero-order valence-corrected chi connectivity index (χ0v) is 17.2. The fourth-order valence-electron chi connectivity index (χ4n) is 3.22. The van der Waals surface area contributed by atoms with Gasteiger partial charge in [0.1, 0.15) is 17.8 Å². The Kier molecular flexibility index (Phi) is 8.30. The van der Waals surface area contributed by atoms with Crippen molar-refractivity contribution in [2.24, 2.45) is 22.2 Å². The SMILES string of the molecule is NC(=O)[C@H]1CN(C(=O)[C@H](Cc2ccc(O)cc2)NS)[C@@H](CCCN=C(N)N)C(=O)N1. The molecule has 0 spiro atoms. The smallest absolute Gasteiger partial charge is 0.243 e. The second-order valence-electron chi connectivity index (χ2n) is 6.97. The second kappa shape index (κ2) is 10.7. The second-order valence-corrected chi connectivity index (χ2v) is 7.23. The number of hydrogen-bond acceptors (Lipinski definition) is 7. The Bertz CT molecular complexity index is 798. The molecule has 164 valence electrons. The van der Waals surface area contributed by atoms with Crippen LogP contribution < -0.4 is 27.2 Å². The van der Waals surface area contributed by atoms with E-state index in [1.54, 1.807) is 12.1 Å². The minimum absolute atomic E-state index is 0.0472. The van der Waals surface area contributed by atoms with E-state index in [0.29, 0.717) is 19.4 Å². The number of phenolic OH excluding ortho intramolecular Hbond substituents is 1. The van der Waals surface area contributed by atoms with Crippen molar-refractivity contribution in [3.8, 4) is 5.75 Å². The molecule has 12 heteroatoms. The van der Waals surface area contributed by atoms with Crippen LogP contribution >= 0.6 is 12.8 Å². The lowest BCUT2D eigenvalue weighted by molar-refractivity contribution is -0.148. The van der Waals surface area contributed by atoms with Gasteiger partial charge in [-0.1, -0.05) is 24.9 Å². The summed E-state index contributed by atoms with van der Waals surface area (Å²) in [6.45, 7) is 0.254. The molecule has 0 saturated carbocycles. The van der Waals surface area contributed by atoms with Crippen LogP contribution in [0.25, 0.3) is 0 Å². The topological polar surface area (TPSA) is 189 Å². The number of guanidine groups is 1. The Balaban J connectivity index is 2.18. The predicted octanol–water partition coefficient (Wildman–Crippen LogP) is -2.03. The largest absolute Gasteiger partial charge is 0.508 e. The van der Waals surface area contributed by atoms with Gasteiger partial charge in [0, 0.05) is 6.54 Å². The van der Waals surface area contributed by atoms with E-state index in [1.165, 1.54) is 17.0 Å². The summed E-state index contributed by atoms with van der Waals surface area (Å²) in [7, 11) is 0. The zero-order valence-electron chi connectivity index (χ0n) is 16.3. The van der Waals surface area contributed by atoms with E-state index in [9.17, 15) is 19.5 Å². The number of amides is 3. The molecular weight excluding hydrogens is 410 g/mol. The normalized spacial score (nSPS) is 19.6. The van der Waals surface area contributed by atoms with Crippen molar-refractivity contribution in [3.05, 3.63) is 29.8 Å². The van der Waals surface area contributed by atoms with Gasteiger partial charge in [0.15, 0.2) is 5.96 Å². The van der Waals surface area contributed by atoms with Crippen LogP contribution in [0.2, 0.25) is 0 Å². The molecule has 0 aliphatic carbocycles. The lowest BCUT2D eigenvalue weighted by Gasteiger charge is -2.40. The van der Waals surface area contributed by atoms with Gasteiger partial charge in [-0.2, -0.15) is 0 Å². The van der Waals surface area contributed by atoms with Gasteiger partial charge in [-0.05, 0) is 37.0 Å². The van der Waals surface area contributed by atoms with E-state index in [-0.39, 0.29) is 24.7 Å². The highest BCUT2D eigenvalue weighted by Crippen LogP contribution is 2.18. The third kappa shape index (κ3) is 6.26. The van der Waals surface area contributed by atoms with Crippen LogP contribution in [-0.2, 0) is 20.8 Å². The van der Waals surface area contributed by atoms with Crippen LogP contribution in [0.4, 0.5) is 0 Å². The van der Waals surface area contributed by atoms with Gasteiger partial charge in [0.2, 0.25) is 17.7 Å². The summed E-state index contributed by atoms with van der Waals surface area (Å²) >= 11 is 4.06. The summed E-state index contributed by atoms with van der Waals surface area (Å²) in [6, 6.07) is 3.84. The fraction of sp³-hybridized carbons (Fsp3) is 0.444. The number of rotatable bonds is 9. The molecule has 3 atom stereocenters. The number of thiol groups is 1. The van der Waals surface area contributed by atoms with Crippen molar-refractivity contribution in [2.75, 3.05) is 13.1 Å². The zero-order chi connectivity index (χ0) is 22.3. The summed E-state index contributed by atoms with van der Waals surface area (Å²) in [4.78, 5) is 42.7. The number of primary amides is 1. The van der Waals surface area contributed by atoms with Gasteiger partial charge in [0.25, 0.3) is 0 Å². The Labute approximate surface area is 179 Å². The van der Waals surface area contributed by atoms with Crippen LogP contribution in [0.1, 0.15) is 18.4 Å². The Morgan fingerprint density at radius 1 is 1.30 bits per heavy atom. The Morgan fingerprint density at radius 3 is 2.53 bits per heavy atom. The first kappa shape index (κ1) is 23.3. The summed E-state index contributed by atoms with van der Waals surface area (Å²) < 4.78 is 2.66. The molecule has 1 saturated heterocycles. The first-order valence-corrected chi connectivity index (χ1v) is 9.80. The number of phenols is 1. The maximum atomic E-state index is 13.2. The van der Waals surface area contributed by atoms with E-state index in [4.69, 9.17) is 17.2 Å². The van der Waals surface area contributed by atoms with Gasteiger partial charge < -0.3 is 32.5 Å². The molecule has 11 nitrogen and oxygen atoms in total. The highest BCUT2D eigenvalue weighted by molar-refractivity contribution is 7.78. The van der Waals surface area contributed by atoms with E-state index in [1.807, 2.05) is 0 Å². The predicted molar refractivity (Wildman–Crippen MR) is 114 cm³/mol. The van der Waals surface area contributed by atoms with Crippen LogP contribution in [0.15, 0.2) is 29.3 Å². The molecule has 0 unspecified atom stereocenters. The first-order valence-electron chi connectivity index (χ1n) is 9.36. The summed E-state index contributed by atoms with van der Waals surface area (Å²) in [5.41, 5.74) is 16.7. The number of hydrogen-bond donors (Lipinski definition) is 7. The van der Waals surface area contributed by atoms with Gasteiger partial charge >= 0.3 is 0 Å². The molecule has 0 bridgehead atoms. The molecule has 1 aliphatic heterocycles. The van der Waals surface area contributed by atoms with Crippen molar-refractivity contribution in [2.45, 2.75) is 37.4 Å². The first-order chi connectivity index (χ1) is 14.2. The van der Waals surface area contributed by atoms with Crippen LogP contribution in [0.5, 0.6) is 5.75 Å². The number of nitrogens with one attached hydrogen (secondary N) is 2. The fourth-order valence-corrected chi connectivity index (χ4v) is 3.42.